The van der Waals surface area contributed by atoms with Crippen molar-refractivity contribution in [2.75, 3.05) is 27.2 Å². The zero-order valence-electron chi connectivity index (χ0n) is 13.2. The first kappa shape index (κ1) is 15.3. The van der Waals surface area contributed by atoms with Crippen LogP contribution in [0, 0.1) is 6.92 Å². The van der Waals surface area contributed by atoms with Gasteiger partial charge in [0.1, 0.15) is 0 Å². The van der Waals surface area contributed by atoms with Crippen LogP contribution in [0.2, 0.25) is 5.02 Å². The average molecular weight is 319 g/mol. The van der Waals surface area contributed by atoms with Gasteiger partial charge in [-0.3, -0.25) is 0 Å². The van der Waals surface area contributed by atoms with Crippen molar-refractivity contribution in [1.82, 2.24) is 9.47 Å². The number of pyridine rings is 1. The van der Waals surface area contributed by atoms with E-state index in [1.54, 1.807) is 0 Å². The van der Waals surface area contributed by atoms with E-state index in [0.717, 1.165) is 45.4 Å². The topological polar surface area (TPSA) is 48.1 Å². The Bertz CT molecular complexity index is 728. The van der Waals surface area contributed by atoms with Crippen LogP contribution < -0.4 is 15.0 Å². The number of hydrogen-bond acceptors (Lipinski definition) is 3. The first-order valence-electron chi connectivity index (χ1n) is 7.44. The van der Waals surface area contributed by atoms with E-state index < -0.39 is 0 Å². The Hall–Kier alpha value is -1.62. The third-order valence-corrected chi connectivity index (χ3v) is 4.37. The molecule has 1 aromatic heterocycles. The van der Waals surface area contributed by atoms with Gasteiger partial charge in [-0.1, -0.05) is 11.6 Å². The molecule has 0 saturated carbocycles. The molecule has 0 saturated heterocycles. The molecule has 0 unspecified atom stereocenters. The summed E-state index contributed by atoms with van der Waals surface area (Å²) in [5.41, 5.74) is 9.87. The van der Waals surface area contributed by atoms with Gasteiger partial charge in [0.2, 0.25) is 5.82 Å². The van der Waals surface area contributed by atoms with Crippen molar-refractivity contribution < 1.29 is 4.74 Å². The summed E-state index contributed by atoms with van der Waals surface area (Å²) < 4.78 is 6.49. The van der Waals surface area contributed by atoms with Gasteiger partial charge < -0.3 is 10.5 Å². The maximum Gasteiger partial charge on any atom is 0.240 e. The monoisotopic (exact) mass is 318 g/mol. The second-order valence-electron chi connectivity index (χ2n) is 6.10. The number of fused-ring (bicyclic) bond motifs is 3. The normalized spacial score (nSPS) is 14.6. The Morgan fingerprint density at radius 2 is 2.09 bits per heavy atom. The minimum absolute atomic E-state index is 0.531. The van der Waals surface area contributed by atoms with Crippen LogP contribution in [-0.2, 0) is 0 Å². The van der Waals surface area contributed by atoms with E-state index in [0.29, 0.717) is 17.6 Å². The Labute approximate surface area is 136 Å². The SMILES string of the molecule is Cc1cnc2c(c1)-c1c(Cl)ccc(OCCCN)c1[N+]2(C)C. The predicted octanol–water partition coefficient (Wildman–Crippen LogP) is 3.65. The van der Waals surface area contributed by atoms with Gasteiger partial charge in [0.15, 0.2) is 11.4 Å². The molecule has 0 amide bonds. The number of nitrogens with two attached hydrogens (primary N) is 1. The Morgan fingerprint density at radius 1 is 1.32 bits per heavy atom. The number of aromatic nitrogens is 1. The number of quaternary nitrogens is 1. The van der Waals surface area contributed by atoms with Gasteiger partial charge in [-0.25, -0.2) is 9.47 Å². The second-order valence-corrected chi connectivity index (χ2v) is 6.50. The van der Waals surface area contributed by atoms with Gasteiger partial charge in [-0.05, 0) is 43.7 Å². The lowest BCUT2D eigenvalue weighted by Gasteiger charge is -2.25. The van der Waals surface area contributed by atoms with Gasteiger partial charge in [0, 0.05) is 6.20 Å². The van der Waals surface area contributed by atoms with Crippen molar-refractivity contribution in [3.63, 3.8) is 0 Å². The van der Waals surface area contributed by atoms with E-state index in [4.69, 9.17) is 22.1 Å². The number of nitrogens with zero attached hydrogens (tertiary/aromatic N) is 2. The van der Waals surface area contributed by atoms with E-state index in [1.165, 1.54) is 0 Å². The molecule has 1 aliphatic heterocycles. The van der Waals surface area contributed by atoms with Crippen molar-refractivity contribution in [3.8, 4) is 16.9 Å². The van der Waals surface area contributed by atoms with Crippen molar-refractivity contribution in [1.29, 1.82) is 0 Å². The predicted molar refractivity (Wildman–Crippen MR) is 91.9 cm³/mol. The van der Waals surface area contributed by atoms with Crippen molar-refractivity contribution in [3.05, 3.63) is 35.0 Å². The fourth-order valence-corrected chi connectivity index (χ4v) is 3.29. The summed E-state index contributed by atoms with van der Waals surface area (Å²) in [5.74, 6) is 1.85. The molecule has 2 heterocycles. The average Bonchev–Trinajstić information content (AvgIpc) is 2.70. The fraction of sp³-hybridized carbons (Fsp3) is 0.353. The number of benzene rings is 1. The Morgan fingerprint density at radius 3 is 2.82 bits per heavy atom. The molecule has 2 N–H and O–H groups in total. The first-order valence-corrected chi connectivity index (χ1v) is 7.82. The molecule has 3 rings (SSSR count). The summed E-state index contributed by atoms with van der Waals surface area (Å²) in [6, 6.07) is 5.98. The zero-order chi connectivity index (χ0) is 15.9. The van der Waals surface area contributed by atoms with Gasteiger partial charge >= 0.3 is 0 Å². The molecule has 1 aromatic carbocycles. The molecule has 0 atom stereocenters. The van der Waals surface area contributed by atoms with E-state index in [9.17, 15) is 0 Å². The summed E-state index contributed by atoms with van der Waals surface area (Å²) in [5, 5.41) is 0.735. The zero-order valence-corrected chi connectivity index (χ0v) is 13.9. The summed E-state index contributed by atoms with van der Waals surface area (Å²) in [7, 11) is 4.22. The molecule has 22 heavy (non-hydrogen) atoms. The summed E-state index contributed by atoms with van der Waals surface area (Å²) in [6.07, 6.45) is 2.72. The molecular formula is C17H21ClN3O+. The van der Waals surface area contributed by atoms with Gasteiger partial charge in [0.05, 0.1) is 36.9 Å². The molecule has 5 heteroatoms. The lowest BCUT2D eigenvalue weighted by atomic mass is 10.1. The third-order valence-electron chi connectivity index (χ3n) is 4.06. The fourth-order valence-electron chi connectivity index (χ4n) is 3.04. The molecule has 0 fully saturated rings. The summed E-state index contributed by atoms with van der Waals surface area (Å²) in [4.78, 5) is 4.64. The number of halogens is 1. The van der Waals surface area contributed by atoms with Gasteiger partial charge in [-0.15, -0.1) is 0 Å². The largest absolute Gasteiger partial charge is 0.487 e. The van der Waals surface area contributed by atoms with Crippen LogP contribution in [-0.4, -0.2) is 32.2 Å². The number of rotatable bonds is 4. The highest BCUT2D eigenvalue weighted by Crippen LogP contribution is 2.56. The molecule has 0 bridgehead atoms. The summed E-state index contributed by atoms with van der Waals surface area (Å²) >= 11 is 6.50. The standard InChI is InChI=1S/C17H21ClN3O/c1-11-9-12-15-13(18)5-6-14(22-8-4-7-19)16(15)21(2,3)17(12)20-10-11/h5-6,9-10H,4,7-8,19H2,1-3H3/q+1. The maximum absolute atomic E-state index is 6.50. The first-order chi connectivity index (χ1) is 10.5. The quantitative estimate of drug-likeness (QED) is 0.691. The minimum Gasteiger partial charge on any atom is -0.487 e. The molecule has 4 nitrogen and oxygen atoms in total. The van der Waals surface area contributed by atoms with Crippen LogP contribution in [0.25, 0.3) is 11.1 Å². The highest BCUT2D eigenvalue weighted by molar-refractivity contribution is 6.35. The van der Waals surface area contributed by atoms with E-state index >= 15 is 0 Å². The van der Waals surface area contributed by atoms with E-state index in [-0.39, 0.29) is 0 Å². The van der Waals surface area contributed by atoms with Crippen LogP contribution in [0.3, 0.4) is 0 Å². The summed E-state index contributed by atoms with van der Waals surface area (Å²) in [6.45, 7) is 3.27. The molecule has 2 aromatic rings. The van der Waals surface area contributed by atoms with Crippen LogP contribution >= 0.6 is 11.6 Å². The minimum atomic E-state index is 0.531. The molecule has 0 spiro atoms. The smallest absolute Gasteiger partial charge is 0.240 e. The van der Waals surface area contributed by atoms with Gasteiger partial charge in [0.25, 0.3) is 0 Å². The Balaban J connectivity index is 2.18. The van der Waals surface area contributed by atoms with E-state index in [1.807, 2.05) is 25.3 Å². The number of ether oxygens (including phenoxy) is 1. The molecule has 0 aliphatic carbocycles. The van der Waals surface area contributed by atoms with Crippen LogP contribution in [0.5, 0.6) is 5.75 Å². The van der Waals surface area contributed by atoms with Crippen molar-refractivity contribution in [2.24, 2.45) is 5.73 Å². The van der Waals surface area contributed by atoms with Crippen LogP contribution in [0.1, 0.15) is 12.0 Å². The molecule has 116 valence electrons. The number of aryl methyl sites for hydroxylation is 1. The van der Waals surface area contributed by atoms with E-state index in [2.05, 4.69) is 25.1 Å². The second kappa shape index (κ2) is 5.54. The number of hydrogen-bond donors (Lipinski definition) is 1. The molecular weight excluding hydrogens is 298 g/mol. The lowest BCUT2D eigenvalue weighted by Crippen LogP contribution is -2.33. The van der Waals surface area contributed by atoms with Crippen LogP contribution in [0.4, 0.5) is 11.5 Å². The highest BCUT2D eigenvalue weighted by Gasteiger charge is 2.43. The van der Waals surface area contributed by atoms with Crippen molar-refractivity contribution in [2.45, 2.75) is 13.3 Å². The third kappa shape index (κ3) is 2.28. The van der Waals surface area contributed by atoms with Crippen molar-refractivity contribution >= 4 is 23.1 Å². The molecule has 0 radical (unpaired) electrons. The lowest BCUT2D eigenvalue weighted by molar-refractivity contribution is 0.308. The van der Waals surface area contributed by atoms with Gasteiger partial charge in [-0.2, -0.15) is 0 Å². The van der Waals surface area contributed by atoms with Crippen LogP contribution in [0.15, 0.2) is 24.4 Å². The molecule has 1 aliphatic rings. The maximum atomic E-state index is 6.50. The highest BCUT2D eigenvalue weighted by atomic mass is 35.5. The Kier molecular flexibility index (Phi) is 3.85.